The van der Waals surface area contributed by atoms with Crippen molar-refractivity contribution in [1.82, 2.24) is 9.97 Å². The van der Waals surface area contributed by atoms with Gasteiger partial charge in [-0.05, 0) is 31.0 Å². The van der Waals surface area contributed by atoms with E-state index >= 15 is 0 Å². The molecule has 0 N–H and O–H groups in total. The minimum atomic E-state index is -0.346. The zero-order valence-electron chi connectivity index (χ0n) is 9.03. The molecule has 1 aromatic carbocycles. The van der Waals surface area contributed by atoms with E-state index in [4.69, 9.17) is 11.6 Å². The van der Waals surface area contributed by atoms with Crippen LogP contribution in [0.1, 0.15) is 24.5 Å². The van der Waals surface area contributed by atoms with Crippen molar-refractivity contribution in [1.29, 1.82) is 0 Å². The topological polar surface area (TPSA) is 25.8 Å². The Morgan fingerprint density at radius 2 is 2.00 bits per heavy atom. The Labute approximate surface area is 103 Å². The molecular formula is C13H10ClFN2. The van der Waals surface area contributed by atoms with Gasteiger partial charge in [-0.15, -0.1) is 0 Å². The van der Waals surface area contributed by atoms with Crippen LogP contribution >= 0.6 is 11.6 Å². The summed E-state index contributed by atoms with van der Waals surface area (Å²) in [5.41, 5.74) is 2.43. The van der Waals surface area contributed by atoms with Gasteiger partial charge in [0.05, 0.1) is 22.6 Å². The summed E-state index contributed by atoms with van der Waals surface area (Å²) in [6, 6.07) is 4.28. The molecule has 1 heterocycles. The number of hydrogen-bond acceptors (Lipinski definition) is 2. The van der Waals surface area contributed by atoms with Gasteiger partial charge in [0.15, 0.2) is 0 Å². The average Bonchev–Trinajstić information content (AvgIpc) is 3.13. The Morgan fingerprint density at radius 1 is 1.18 bits per heavy atom. The van der Waals surface area contributed by atoms with Gasteiger partial charge >= 0.3 is 0 Å². The third-order valence-electron chi connectivity index (χ3n) is 2.87. The molecule has 0 bridgehead atoms. The second kappa shape index (κ2) is 4.08. The first-order valence-electron chi connectivity index (χ1n) is 5.51. The van der Waals surface area contributed by atoms with Crippen LogP contribution in [-0.2, 0) is 0 Å². The molecule has 0 amide bonds. The third-order valence-corrected chi connectivity index (χ3v) is 3.19. The number of aromatic nitrogens is 2. The maximum absolute atomic E-state index is 12.9. The molecule has 0 atom stereocenters. The van der Waals surface area contributed by atoms with E-state index in [2.05, 4.69) is 9.97 Å². The van der Waals surface area contributed by atoms with Gasteiger partial charge in [-0.3, -0.25) is 9.97 Å². The molecule has 2 nitrogen and oxygen atoms in total. The summed E-state index contributed by atoms with van der Waals surface area (Å²) in [6.45, 7) is 0. The summed E-state index contributed by atoms with van der Waals surface area (Å²) >= 11 is 5.97. The van der Waals surface area contributed by atoms with Crippen molar-refractivity contribution < 1.29 is 4.39 Å². The highest BCUT2D eigenvalue weighted by Gasteiger charge is 2.25. The Balaban J connectivity index is 1.97. The predicted octanol–water partition coefficient (Wildman–Crippen LogP) is 3.81. The highest BCUT2D eigenvalue weighted by molar-refractivity contribution is 6.33. The van der Waals surface area contributed by atoms with Crippen LogP contribution in [0.5, 0.6) is 0 Å². The normalized spacial score (nSPS) is 14.9. The molecule has 0 unspecified atom stereocenters. The Hall–Kier alpha value is -1.48. The molecule has 86 valence electrons. The third kappa shape index (κ3) is 2.15. The summed E-state index contributed by atoms with van der Waals surface area (Å²) < 4.78 is 12.9. The Morgan fingerprint density at radius 3 is 2.59 bits per heavy atom. The summed E-state index contributed by atoms with van der Waals surface area (Å²) in [5, 5.41) is 0.360. The zero-order chi connectivity index (χ0) is 11.8. The molecule has 0 spiro atoms. The van der Waals surface area contributed by atoms with E-state index in [9.17, 15) is 4.39 Å². The van der Waals surface area contributed by atoms with Crippen molar-refractivity contribution in [3.05, 3.63) is 47.1 Å². The SMILES string of the molecule is Fc1ccc(-c2cnc(C3CC3)cn2)c(Cl)c1. The van der Waals surface area contributed by atoms with Crippen LogP contribution in [0, 0.1) is 5.82 Å². The van der Waals surface area contributed by atoms with Crippen LogP contribution in [0.25, 0.3) is 11.3 Å². The van der Waals surface area contributed by atoms with Crippen molar-refractivity contribution >= 4 is 11.6 Å². The van der Waals surface area contributed by atoms with E-state index in [1.807, 2.05) is 0 Å². The van der Waals surface area contributed by atoms with E-state index < -0.39 is 0 Å². The van der Waals surface area contributed by atoms with Crippen LogP contribution in [0.4, 0.5) is 4.39 Å². The first-order chi connectivity index (χ1) is 8.24. The van der Waals surface area contributed by atoms with Crippen molar-refractivity contribution in [2.45, 2.75) is 18.8 Å². The van der Waals surface area contributed by atoms with Crippen molar-refractivity contribution in [2.24, 2.45) is 0 Å². The summed E-state index contributed by atoms with van der Waals surface area (Å²) in [5.74, 6) is 0.238. The molecule has 2 aromatic rings. The highest BCUT2D eigenvalue weighted by atomic mass is 35.5. The van der Waals surface area contributed by atoms with Crippen molar-refractivity contribution in [3.63, 3.8) is 0 Å². The van der Waals surface area contributed by atoms with Crippen LogP contribution in [0.3, 0.4) is 0 Å². The molecule has 0 saturated heterocycles. The van der Waals surface area contributed by atoms with E-state index in [-0.39, 0.29) is 5.82 Å². The second-order valence-corrected chi connectivity index (χ2v) is 4.63. The van der Waals surface area contributed by atoms with Crippen molar-refractivity contribution in [3.8, 4) is 11.3 Å². The second-order valence-electron chi connectivity index (χ2n) is 4.22. The Bertz CT molecular complexity index is 550. The monoisotopic (exact) mass is 248 g/mol. The molecule has 4 heteroatoms. The summed E-state index contributed by atoms with van der Waals surface area (Å²) in [4.78, 5) is 8.70. The molecule has 1 aromatic heterocycles. The van der Waals surface area contributed by atoms with Gasteiger partial charge in [0.1, 0.15) is 5.82 Å². The lowest BCUT2D eigenvalue weighted by Crippen LogP contribution is -1.91. The lowest BCUT2D eigenvalue weighted by atomic mass is 10.1. The lowest BCUT2D eigenvalue weighted by molar-refractivity contribution is 0.628. The summed E-state index contributed by atoms with van der Waals surface area (Å²) in [7, 11) is 0. The van der Waals surface area contributed by atoms with E-state index in [1.54, 1.807) is 18.5 Å². The fourth-order valence-corrected chi connectivity index (χ4v) is 2.03. The van der Waals surface area contributed by atoms with Gasteiger partial charge in [-0.2, -0.15) is 0 Å². The maximum atomic E-state index is 12.9. The largest absolute Gasteiger partial charge is 0.257 e. The number of rotatable bonds is 2. The molecular weight excluding hydrogens is 239 g/mol. The number of halogens is 2. The van der Waals surface area contributed by atoms with Gasteiger partial charge in [0.25, 0.3) is 0 Å². The molecule has 1 aliphatic carbocycles. The zero-order valence-corrected chi connectivity index (χ0v) is 9.78. The standard InChI is InChI=1S/C13H10ClFN2/c14-11-5-9(15)3-4-10(11)13-7-16-12(6-17-13)8-1-2-8/h3-8H,1-2H2. The van der Waals surface area contributed by atoms with Crippen LogP contribution in [0.15, 0.2) is 30.6 Å². The average molecular weight is 249 g/mol. The van der Waals surface area contributed by atoms with Crippen LogP contribution < -0.4 is 0 Å². The van der Waals surface area contributed by atoms with Crippen LogP contribution in [0.2, 0.25) is 5.02 Å². The maximum Gasteiger partial charge on any atom is 0.124 e. The molecule has 1 aliphatic rings. The lowest BCUT2D eigenvalue weighted by Gasteiger charge is -2.04. The summed E-state index contributed by atoms with van der Waals surface area (Å²) in [6.07, 6.45) is 5.89. The molecule has 0 aliphatic heterocycles. The molecule has 1 saturated carbocycles. The van der Waals surface area contributed by atoms with Gasteiger partial charge < -0.3 is 0 Å². The molecule has 0 radical (unpaired) electrons. The molecule has 1 fully saturated rings. The van der Waals surface area contributed by atoms with E-state index in [0.717, 1.165) is 5.69 Å². The first kappa shape index (κ1) is 10.7. The van der Waals surface area contributed by atoms with Gasteiger partial charge in [0, 0.05) is 17.7 Å². The quantitative estimate of drug-likeness (QED) is 0.808. The predicted molar refractivity (Wildman–Crippen MR) is 64.4 cm³/mol. The molecule has 3 rings (SSSR count). The van der Waals surface area contributed by atoms with Gasteiger partial charge in [-0.25, -0.2) is 4.39 Å². The fourth-order valence-electron chi connectivity index (χ4n) is 1.76. The number of benzene rings is 1. The smallest absolute Gasteiger partial charge is 0.124 e. The van der Waals surface area contributed by atoms with Crippen molar-refractivity contribution in [2.75, 3.05) is 0 Å². The molecule has 17 heavy (non-hydrogen) atoms. The minimum Gasteiger partial charge on any atom is -0.257 e. The Kier molecular flexibility index (Phi) is 2.56. The van der Waals surface area contributed by atoms with E-state index in [1.165, 1.54) is 25.0 Å². The van der Waals surface area contributed by atoms with E-state index in [0.29, 0.717) is 22.2 Å². The number of nitrogens with zero attached hydrogens (tertiary/aromatic N) is 2. The van der Waals surface area contributed by atoms with Gasteiger partial charge in [0.2, 0.25) is 0 Å². The number of hydrogen-bond donors (Lipinski definition) is 0. The van der Waals surface area contributed by atoms with Gasteiger partial charge in [-0.1, -0.05) is 11.6 Å². The van der Waals surface area contributed by atoms with Crippen LogP contribution in [-0.4, -0.2) is 9.97 Å². The minimum absolute atomic E-state index is 0.346. The highest BCUT2D eigenvalue weighted by Crippen LogP contribution is 2.38. The first-order valence-corrected chi connectivity index (χ1v) is 5.89. The fraction of sp³-hybridized carbons (Fsp3) is 0.231.